The highest BCUT2D eigenvalue weighted by Gasteiger charge is 2.17. The van der Waals surface area contributed by atoms with Gasteiger partial charge >= 0.3 is 5.97 Å². The standard InChI is InChI=1S/C10H11O3P/c11-10(12)9(7-14-13)6-8-4-2-1-3-5-8/h1-5,9H,6-7H2,(H,11,12). The minimum absolute atomic E-state index is 0.111. The van der Waals surface area contributed by atoms with Gasteiger partial charge in [0.25, 0.3) is 0 Å². The molecule has 0 fully saturated rings. The first-order valence-corrected chi connectivity index (χ1v) is 5.29. The Hall–Kier alpha value is -1.21. The Labute approximate surface area is 84.0 Å². The molecule has 74 valence electrons. The van der Waals surface area contributed by atoms with Crippen LogP contribution in [0.25, 0.3) is 0 Å². The van der Waals surface area contributed by atoms with Gasteiger partial charge in [-0.25, -0.2) is 0 Å². The molecule has 1 aromatic rings. The van der Waals surface area contributed by atoms with Gasteiger partial charge in [-0.3, -0.25) is 9.36 Å². The average Bonchev–Trinajstić information content (AvgIpc) is 2.18. The summed E-state index contributed by atoms with van der Waals surface area (Å²) in [7, 11) is -0.111. The molecule has 0 spiro atoms. The molecule has 0 aliphatic heterocycles. The van der Waals surface area contributed by atoms with E-state index in [0.29, 0.717) is 6.42 Å². The van der Waals surface area contributed by atoms with Gasteiger partial charge in [0.15, 0.2) is 8.46 Å². The molecule has 0 aromatic heterocycles. The number of aliphatic carboxylic acids is 1. The lowest BCUT2D eigenvalue weighted by Gasteiger charge is -2.07. The highest BCUT2D eigenvalue weighted by molar-refractivity contribution is 7.23. The van der Waals surface area contributed by atoms with Gasteiger partial charge in [-0.2, -0.15) is 0 Å². The minimum atomic E-state index is -0.891. The van der Waals surface area contributed by atoms with E-state index in [4.69, 9.17) is 5.11 Å². The van der Waals surface area contributed by atoms with E-state index in [2.05, 4.69) is 0 Å². The highest BCUT2D eigenvalue weighted by atomic mass is 31.1. The van der Waals surface area contributed by atoms with Crippen molar-refractivity contribution in [3.05, 3.63) is 35.9 Å². The molecule has 0 saturated carbocycles. The first kappa shape index (κ1) is 10.9. The lowest BCUT2D eigenvalue weighted by atomic mass is 10.0. The van der Waals surface area contributed by atoms with Gasteiger partial charge in [0, 0.05) is 6.16 Å². The molecule has 0 bridgehead atoms. The van der Waals surface area contributed by atoms with Crippen LogP contribution >= 0.6 is 8.46 Å². The fourth-order valence-electron chi connectivity index (χ4n) is 1.22. The third-order valence-electron chi connectivity index (χ3n) is 1.97. The number of hydrogen-bond donors (Lipinski definition) is 1. The zero-order chi connectivity index (χ0) is 10.4. The van der Waals surface area contributed by atoms with Crippen LogP contribution in [-0.4, -0.2) is 17.2 Å². The van der Waals surface area contributed by atoms with E-state index in [1.54, 1.807) is 0 Å². The Kier molecular flexibility index (Phi) is 4.27. The van der Waals surface area contributed by atoms with E-state index in [1.807, 2.05) is 30.3 Å². The van der Waals surface area contributed by atoms with Crippen molar-refractivity contribution in [2.75, 3.05) is 6.16 Å². The Balaban J connectivity index is 2.64. The van der Waals surface area contributed by atoms with Crippen LogP contribution < -0.4 is 0 Å². The van der Waals surface area contributed by atoms with Crippen molar-refractivity contribution < 1.29 is 14.5 Å². The maximum absolute atomic E-state index is 10.8. The second-order valence-electron chi connectivity index (χ2n) is 3.04. The monoisotopic (exact) mass is 210 g/mol. The second-order valence-corrected chi connectivity index (χ2v) is 3.66. The highest BCUT2D eigenvalue weighted by Crippen LogP contribution is 2.13. The molecule has 0 aliphatic carbocycles. The maximum Gasteiger partial charge on any atom is 0.307 e. The summed E-state index contributed by atoms with van der Waals surface area (Å²) in [5, 5.41) is 8.82. The van der Waals surface area contributed by atoms with Crippen LogP contribution in [0.1, 0.15) is 5.56 Å². The van der Waals surface area contributed by atoms with Crippen molar-refractivity contribution >= 4 is 14.4 Å². The summed E-state index contributed by atoms with van der Waals surface area (Å²) in [6, 6.07) is 9.35. The SMILES string of the molecule is O=PCC(Cc1ccccc1)C(=O)O. The molecule has 1 N–H and O–H groups in total. The Morgan fingerprint density at radius 1 is 1.36 bits per heavy atom. The van der Waals surface area contributed by atoms with E-state index in [0.717, 1.165) is 5.56 Å². The summed E-state index contributed by atoms with van der Waals surface area (Å²) < 4.78 is 10.3. The molecular weight excluding hydrogens is 199 g/mol. The number of carboxylic acids is 1. The third kappa shape index (κ3) is 3.27. The van der Waals surface area contributed by atoms with Crippen LogP contribution in [-0.2, 0) is 15.8 Å². The van der Waals surface area contributed by atoms with Crippen molar-refractivity contribution in [1.82, 2.24) is 0 Å². The lowest BCUT2D eigenvalue weighted by molar-refractivity contribution is -0.140. The van der Waals surface area contributed by atoms with E-state index >= 15 is 0 Å². The topological polar surface area (TPSA) is 54.4 Å². The van der Waals surface area contributed by atoms with Gasteiger partial charge < -0.3 is 5.11 Å². The zero-order valence-corrected chi connectivity index (χ0v) is 8.48. The van der Waals surface area contributed by atoms with Crippen molar-refractivity contribution in [1.29, 1.82) is 0 Å². The predicted molar refractivity (Wildman–Crippen MR) is 53.7 cm³/mol. The van der Waals surface area contributed by atoms with Crippen molar-refractivity contribution in [3.63, 3.8) is 0 Å². The molecule has 1 rings (SSSR count). The summed E-state index contributed by atoms with van der Waals surface area (Å²) in [4.78, 5) is 10.8. The summed E-state index contributed by atoms with van der Waals surface area (Å²) >= 11 is 0. The van der Waals surface area contributed by atoms with E-state index < -0.39 is 11.9 Å². The van der Waals surface area contributed by atoms with Gasteiger partial charge in [0.1, 0.15) is 0 Å². The van der Waals surface area contributed by atoms with Crippen molar-refractivity contribution in [2.24, 2.45) is 5.92 Å². The van der Waals surface area contributed by atoms with Crippen LogP contribution in [0.4, 0.5) is 0 Å². The summed E-state index contributed by atoms with van der Waals surface area (Å²) in [5.74, 6) is -1.45. The molecule has 1 unspecified atom stereocenters. The molecule has 0 aliphatic rings. The predicted octanol–water partition coefficient (Wildman–Crippen LogP) is 2.22. The average molecular weight is 210 g/mol. The fourth-order valence-corrected chi connectivity index (χ4v) is 1.68. The van der Waals surface area contributed by atoms with Gasteiger partial charge in [-0.1, -0.05) is 30.3 Å². The van der Waals surface area contributed by atoms with E-state index in [1.165, 1.54) is 0 Å². The zero-order valence-electron chi connectivity index (χ0n) is 7.59. The molecule has 4 heteroatoms. The smallest absolute Gasteiger partial charge is 0.307 e. The first-order valence-electron chi connectivity index (χ1n) is 4.30. The first-order chi connectivity index (χ1) is 6.74. The minimum Gasteiger partial charge on any atom is -0.481 e. The van der Waals surface area contributed by atoms with Gasteiger partial charge in [-0.15, -0.1) is 0 Å². The van der Waals surface area contributed by atoms with Crippen molar-refractivity contribution in [3.8, 4) is 0 Å². The molecule has 1 atom stereocenters. The van der Waals surface area contributed by atoms with Gasteiger partial charge in [-0.05, 0) is 12.0 Å². The van der Waals surface area contributed by atoms with Crippen LogP contribution in [0.3, 0.4) is 0 Å². The van der Waals surface area contributed by atoms with Crippen molar-refractivity contribution in [2.45, 2.75) is 6.42 Å². The van der Waals surface area contributed by atoms with Crippen LogP contribution in [0.15, 0.2) is 30.3 Å². The molecule has 1 aromatic carbocycles. The number of rotatable bonds is 5. The van der Waals surface area contributed by atoms with E-state index in [-0.39, 0.29) is 14.6 Å². The number of hydrogen-bond acceptors (Lipinski definition) is 2. The maximum atomic E-state index is 10.8. The van der Waals surface area contributed by atoms with Gasteiger partial charge in [0.2, 0.25) is 0 Å². The number of carbonyl (C=O) groups is 1. The number of benzene rings is 1. The Morgan fingerprint density at radius 2 is 2.00 bits per heavy atom. The number of carboxylic acid groups (broad SMARTS) is 1. The lowest BCUT2D eigenvalue weighted by Crippen LogP contribution is -2.17. The normalized spacial score (nSPS) is 12.6. The fraction of sp³-hybridized carbons (Fsp3) is 0.300. The summed E-state index contributed by atoms with van der Waals surface area (Å²) in [6.45, 7) is 0. The van der Waals surface area contributed by atoms with Crippen LogP contribution in [0.5, 0.6) is 0 Å². The molecular formula is C10H11O3P. The summed E-state index contributed by atoms with van der Waals surface area (Å²) in [6.07, 6.45) is 0.607. The summed E-state index contributed by atoms with van der Waals surface area (Å²) in [5.41, 5.74) is 0.962. The molecule has 14 heavy (non-hydrogen) atoms. The van der Waals surface area contributed by atoms with Crippen LogP contribution in [0, 0.1) is 5.92 Å². The molecule has 0 amide bonds. The molecule has 0 heterocycles. The van der Waals surface area contributed by atoms with Gasteiger partial charge in [0.05, 0.1) is 5.92 Å². The molecule has 0 radical (unpaired) electrons. The van der Waals surface area contributed by atoms with E-state index in [9.17, 15) is 9.36 Å². The quantitative estimate of drug-likeness (QED) is 0.758. The molecule has 0 saturated heterocycles. The molecule has 3 nitrogen and oxygen atoms in total. The Morgan fingerprint density at radius 3 is 2.50 bits per heavy atom. The Bertz CT molecular complexity index is 310. The third-order valence-corrected chi connectivity index (χ3v) is 2.56. The second kappa shape index (κ2) is 5.51. The van der Waals surface area contributed by atoms with Crippen LogP contribution in [0.2, 0.25) is 0 Å². The largest absolute Gasteiger partial charge is 0.481 e.